The summed E-state index contributed by atoms with van der Waals surface area (Å²) in [6.45, 7) is 12.2. The summed E-state index contributed by atoms with van der Waals surface area (Å²) in [4.78, 5) is 0. The largest absolute Gasteiger partial charge is 0.461 e. The van der Waals surface area contributed by atoms with Crippen molar-refractivity contribution < 1.29 is 4.42 Å². The molecule has 66 valence electrons. The highest BCUT2D eigenvalue weighted by molar-refractivity contribution is 5.56. The van der Waals surface area contributed by atoms with Crippen LogP contribution in [0.2, 0.25) is 0 Å². The molecule has 1 aromatic rings. The van der Waals surface area contributed by atoms with Crippen LogP contribution in [0.3, 0.4) is 0 Å². The fourth-order valence-electron chi connectivity index (χ4n) is 0.970. The topological polar surface area (TPSA) is 13.1 Å². The number of hydrogen-bond donors (Lipinski definition) is 0. The van der Waals surface area contributed by atoms with Gasteiger partial charge in [0.2, 0.25) is 0 Å². The van der Waals surface area contributed by atoms with E-state index in [9.17, 15) is 0 Å². The Morgan fingerprint density at radius 2 is 1.92 bits per heavy atom. The predicted molar refractivity (Wildman–Crippen MR) is 52.1 cm³/mol. The van der Waals surface area contributed by atoms with E-state index in [1.165, 1.54) is 0 Å². The molecule has 0 spiro atoms. The van der Waals surface area contributed by atoms with Crippen LogP contribution in [-0.2, 0) is 5.41 Å². The lowest BCUT2D eigenvalue weighted by Gasteiger charge is -2.14. The van der Waals surface area contributed by atoms with Crippen LogP contribution in [-0.4, -0.2) is 0 Å². The fraction of sp³-hybridized carbons (Fsp3) is 0.455. The van der Waals surface area contributed by atoms with Crippen LogP contribution in [0.1, 0.15) is 39.2 Å². The van der Waals surface area contributed by atoms with E-state index in [0.29, 0.717) is 0 Å². The van der Waals surface area contributed by atoms with Crippen molar-refractivity contribution in [3.05, 3.63) is 30.2 Å². The average molecular weight is 164 g/mol. The third-order valence-corrected chi connectivity index (χ3v) is 1.77. The van der Waals surface area contributed by atoms with Gasteiger partial charge in [-0.2, -0.15) is 0 Å². The van der Waals surface area contributed by atoms with Crippen molar-refractivity contribution in [3.63, 3.8) is 0 Å². The molecular formula is C11H16O. The molecule has 0 aromatic carbocycles. The SMILES string of the molecule is C=C(C)c1ccc(C(C)(C)C)o1. The Balaban J connectivity index is 3.00. The summed E-state index contributed by atoms with van der Waals surface area (Å²) < 4.78 is 5.61. The van der Waals surface area contributed by atoms with Crippen LogP contribution in [0.5, 0.6) is 0 Å². The molecule has 0 aliphatic heterocycles. The van der Waals surface area contributed by atoms with Crippen LogP contribution >= 0.6 is 0 Å². The zero-order valence-electron chi connectivity index (χ0n) is 8.27. The Morgan fingerprint density at radius 3 is 2.17 bits per heavy atom. The summed E-state index contributed by atoms with van der Waals surface area (Å²) in [5.74, 6) is 1.90. The van der Waals surface area contributed by atoms with Crippen molar-refractivity contribution in [1.29, 1.82) is 0 Å². The Hall–Kier alpha value is -0.980. The van der Waals surface area contributed by atoms with E-state index in [1.54, 1.807) is 0 Å². The molecule has 0 saturated carbocycles. The zero-order chi connectivity index (χ0) is 9.35. The van der Waals surface area contributed by atoms with Gasteiger partial charge in [-0.15, -0.1) is 0 Å². The first-order valence-electron chi connectivity index (χ1n) is 4.17. The van der Waals surface area contributed by atoms with Crippen LogP contribution in [0.15, 0.2) is 23.1 Å². The second kappa shape index (κ2) is 2.81. The van der Waals surface area contributed by atoms with Gasteiger partial charge in [-0.25, -0.2) is 0 Å². The van der Waals surface area contributed by atoms with Gasteiger partial charge in [0.15, 0.2) is 0 Å². The summed E-state index contributed by atoms with van der Waals surface area (Å²) in [6.07, 6.45) is 0. The maximum Gasteiger partial charge on any atom is 0.129 e. The van der Waals surface area contributed by atoms with Crippen LogP contribution in [0.4, 0.5) is 0 Å². The Kier molecular flexibility index (Phi) is 2.14. The predicted octanol–water partition coefficient (Wildman–Crippen LogP) is 3.61. The standard InChI is InChI=1S/C11H16O/c1-8(2)9-6-7-10(12-9)11(3,4)5/h6-7H,1H2,2-5H3. The first-order chi connectivity index (χ1) is 5.41. The van der Waals surface area contributed by atoms with Gasteiger partial charge in [-0.3, -0.25) is 0 Å². The van der Waals surface area contributed by atoms with Gasteiger partial charge in [-0.05, 0) is 24.6 Å². The molecule has 1 heteroatoms. The Labute approximate surface area is 74.1 Å². The van der Waals surface area contributed by atoms with E-state index in [-0.39, 0.29) is 5.41 Å². The van der Waals surface area contributed by atoms with E-state index < -0.39 is 0 Å². The van der Waals surface area contributed by atoms with Crippen molar-refractivity contribution in [2.24, 2.45) is 0 Å². The van der Waals surface area contributed by atoms with Crippen molar-refractivity contribution in [2.45, 2.75) is 33.1 Å². The molecule has 1 aromatic heterocycles. The minimum absolute atomic E-state index is 0.0910. The van der Waals surface area contributed by atoms with Gasteiger partial charge >= 0.3 is 0 Å². The highest BCUT2D eigenvalue weighted by Crippen LogP contribution is 2.26. The maximum absolute atomic E-state index is 5.61. The lowest BCUT2D eigenvalue weighted by Crippen LogP contribution is -2.08. The molecule has 1 heterocycles. The number of furan rings is 1. The summed E-state index contributed by atoms with van der Waals surface area (Å²) in [6, 6.07) is 3.99. The highest BCUT2D eigenvalue weighted by atomic mass is 16.3. The molecule has 0 N–H and O–H groups in total. The lowest BCUT2D eigenvalue weighted by atomic mass is 9.94. The lowest BCUT2D eigenvalue weighted by molar-refractivity contribution is 0.404. The van der Waals surface area contributed by atoms with Crippen LogP contribution in [0.25, 0.3) is 5.57 Å². The zero-order valence-corrected chi connectivity index (χ0v) is 8.27. The van der Waals surface area contributed by atoms with E-state index in [1.807, 2.05) is 19.1 Å². The number of rotatable bonds is 1. The van der Waals surface area contributed by atoms with Crippen molar-refractivity contribution in [2.75, 3.05) is 0 Å². The molecule has 0 unspecified atom stereocenters. The van der Waals surface area contributed by atoms with E-state index in [4.69, 9.17) is 4.42 Å². The molecule has 0 radical (unpaired) electrons. The number of hydrogen-bond acceptors (Lipinski definition) is 1. The van der Waals surface area contributed by atoms with Gasteiger partial charge in [0, 0.05) is 5.41 Å². The molecule has 0 fully saturated rings. The molecule has 0 saturated heterocycles. The van der Waals surface area contributed by atoms with Crippen molar-refractivity contribution in [3.8, 4) is 0 Å². The van der Waals surface area contributed by atoms with E-state index >= 15 is 0 Å². The van der Waals surface area contributed by atoms with Crippen molar-refractivity contribution in [1.82, 2.24) is 0 Å². The second-order valence-corrected chi connectivity index (χ2v) is 4.19. The van der Waals surface area contributed by atoms with Crippen LogP contribution in [0, 0.1) is 0 Å². The first kappa shape index (κ1) is 9.11. The molecule has 0 atom stereocenters. The molecule has 12 heavy (non-hydrogen) atoms. The molecule has 1 rings (SSSR count). The fourth-order valence-corrected chi connectivity index (χ4v) is 0.970. The quantitative estimate of drug-likeness (QED) is 0.618. The minimum atomic E-state index is 0.0910. The van der Waals surface area contributed by atoms with Gasteiger partial charge in [0.25, 0.3) is 0 Å². The summed E-state index contributed by atoms with van der Waals surface area (Å²) >= 11 is 0. The summed E-state index contributed by atoms with van der Waals surface area (Å²) in [5, 5.41) is 0. The van der Waals surface area contributed by atoms with E-state index in [0.717, 1.165) is 17.1 Å². The van der Waals surface area contributed by atoms with Gasteiger partial charge < -0.3 is 4.42 Å². The first-order valence-corrected chi connectivity index (χ1v) is 4.17. The maximum atomic E-state index is 5.61. The third-order valence-electron chi connectivity index (χ3n) is 1.77. The molecule has 0 aliphatic carbocycles. The van der Waals surface area contributed by atoms with Gasteiger partial charge in [0.05, 0.1) is 0 Å². The number of allylic oxidation sites excluding steroid dienone is 1. The second-order valence-electron chi connectivity index (χ2n) is 4.19. The van der Waals surface area contributed by atoms with Crippen LogP contribution < -0.4 is 0 Å². The van der Waals surface area contributed by atoms with Crippen molar-refractivity contribution >= 4 is 5.57 Å². The average Bonchev–Trinajstić information content (AvgIpc) is 2.30. The third kappa shape index (κ3) is 1.79. The summed E-state index contributed by atoms with van der Waals surface area (Å²) in [7, 11) is 0. The highest BCUT2D eigenvalue weighted by Gasteiger charge is 2.17. The summed E-state index contributed by atoms with van der Waals surface area (Å²) in [5.41, 5.74) is 1.07. The molecule has 0 amide bonds. The monoisotopic (exact) mass is 164 g/mol. The normalized spacial score (nSPS) is 11.7. The molecule has 0 bridgehead atoms. The molecule has 1 nitrogen and oxygen atoms in total. The smallest absolute Gasteiger partial charge is 0.129 e. The van der Waals surface area contributed by atoms with E-state index in [2.05, 4.69) is 27.4 Å². The molecular weight excluding hydrogens is 148 g/mol. The Morgan fingerprint density at radius 1 is 1.33 bits per heavy atom. The molecule has 0 aliphatic rings. The Bertz CT molecular complexity index is 286. The van der Waals surface area contributed by atoms with Gasteiger partial charge in [0.1, 0.15) is 11.5 Å². The minimum Gasteiger partial charge on any atom is -0.461 e. The van der Waals surface area contributed by atoms with Gasteiger partial charge in [-0.1, -0.05) is 27.4 Å².